The third-order valence-electron chi connectivity index (χ3n) is 12.3. The van der Waals surface area contributed by atoms with Gasteiger partial charge in [0.2, 0.25) is 0 Å². The molecule has 2 unspecified atom stereocenters. The van der Waals surface area contributed by atoms with Crippen molar-refractivity contribution in [2.45, 2.75) is 11.8 Å². The number of aromatic nitrogens is 3. The van der Waals surface area contributed by atoms with Crippen LogP contribution in [0.1, 0.15) is 23.2 Å². The number of nitrogens with zero attached hydrogens (tertiary/aromatic N) is 4. The van der Waals surface area contributed by atoms with Gasteiger partial charge in [0.05, 0.1) is 0 Å². The summed E-state index contributed by atoms with van der Waals surface area (Å²) in [4.78, 5) is 18.7. The van der Waals surface area contributed by atoms with Crippen molar-refractivity contribution in [2.24, 2.45) is 0 Å². The fourth-order valence-electron chi connectivity index (χ4n) is 9.45. The van der Waals surface area contributed by atoms with Crippen LogP contribution in [0.25, 0.3) is 76.3 Å². The van der Waals surface area contributed by atoms with E-state index in [2.05, 4.69) is 217 Å². The van der Waals surface area contributed by atoms with Crippen LogP contribution >= 0.6 is 11.3 Å². The zero-order valence-corrected chi connectivity index (χ0v) is 34.5. The number of benzene rings is 8. The maximum absolute atomic E-state index is 5.57. The van der Waals surface area contributed by atoms with Gasteiger partial charge in [-0.15, -0.1) is 11.3 Å². The van der Waals surface area contributed by atoms with E-state index in [1.807, 2.05) is 17.4 Å². The molecule has 2 atom stereocenters. The summed E-state index contributed by atoms with van der Waals surface area (Å²) in [6.07, 6.45) is 6.71. The molecule has 8 aromatic carbocycles. The molecule has 0 saturated carbocycles. The minimum Gasteiger partial charge on any atom is -0.313 e. The predicted molar refractivity (Wildman–Crippen MR) is 258 cm³/mol. The summed E-state index contributed by atoms with van der Waals surface area (Å²) in [5.41, 5.74) is 13.9. The predicted octanol–water partition coefficient (Wildman–Crippen LogP) is 15.0. The van der Waals surface area contributed by atoms with E-state index in [9.17, 15) is 0 Å². The van der Waals surface area contributed by atoms with Gasteiger partial charge in [0.15, 0.2) is 11.6 Å². The Bertz CT molecular complexity index is 3340. The Morgan fingerprint density at radius 2 is 1.03 bits per heavy atom. The molecule has 0 fully saturated rings. The molecule has 0 N–H and O–H groups in total. The maximum Gasteiger partial charge on any atom is 0.164 e. The summed E-state index contributed by atoms with van der Waals surface area (Å²) in [5.74, 6) is 1.96. The quantitative estimate of drug-likeness (QED) is 0.161. The van der Waals surface area contributed by atoms with Gasteiger partial charge in [-0.25, -0.2) is 15.0 Å². The first-order valence-electron chi connectivity index (χ1n) is 21.1. The summed E-state index contributed by atoms with van der Waals surface area (Å²) in [7, 11) is 0. The van der Waals surface area contributed by atoms with Crippen LogP contribution in [0.15, 0.2) is 224 Å². The van der Waals surface area contributed by atoms with Crippen molar-refractivity contribution >= 4 is 42.9 Å². The van der Waals surface area contributed by atoms with Crippen LogP contribution in [0.5, 0.6) is 0 Å². The number of rotatable bonds is 7. The highest BCUT2D eigenvalue weighted by Gasteiger charge is 2.41. The van der Waals surface area contributed by atoms with Crippen LogP contribution in [0, 0.1) is 0 Å². The number of hydrogen-bond donors (Lipinski definition) is 0. The third kappa shape index (κ3) is 6.08. The first-order chi connectivity index (χ1) is 30.8. The van der Waals surface area contributed by atoms with E-state index < -0.39 is 0 Å². The molecule has 62 heavy (non-hydrogen) atoms. The smallest absolute Gasteiger partial charge is 0.164 e. The first kappa shape index (κ1) is 36.1. The number of anilines is 2. The normalized spacial score (nSPS) is 15.4. The number of allylic oxidation sites excluding steroid dienone is 4. The Morgan fingerprint density at radius 1 is 0.452 bits per heavy atom. The van der Waals surface area contributed by atoms with E-state index in [4.69, 9.17) is 15.0 Å². The summed E-state index contributed by atoms with van der Waals surface area (Å²) < 4.78 is 2.45. The van der Waals surface area contributed by atoms with Crippen molar-refractivity contribution in [1.82, 2.24) is 15.0 Å². The molecule has 1 aliphatic carbocycles. The van der Waals surface area contributed by atoms with Gasteiger partial charge in [0, 0.05) is 65.8 Å². The second kappa shape index (κ2) is 15.1. The molecule has 0 spiro atoms. The van der Waals surface area contributed by atoms with Crippen LogP contribution < -0.4 is 4.90 Å². The average molecular weight is 811 g/mol. The number of para-hydroxylation sites is 2. The van der Waals surface area contributed by atoms with Crippen molar-refractivity contribution in [3.8, 4) is 56.2 Å². The number of hydrogen-bond acceptors (Lipinski definition) is 5. The third-order valence-corrected chi connectivity index (χ3v) is 13.5. The fourth-order valence-corrected chi connectivity index (χ4v) is 10.8. The molecule has 10 aromatic rings. The highest BCUT2D eigenvalue weighted by atomic mass is 32.1. The second-order valence-corrected chi connectivity index (χ2v) is 16.9. The van der Waals surface area contributed by atoms with Crippen LogP contribution in [0.3, 0.4) is 0 Å². The fraction of sp³-hybridized carbons (Fsp3) is 0.0351. The van der Waals surface area contributed by atoms with Gasteiger partial charge in [0.1, 0.15) is 5.82 Å². The summed E-state index contributed by atoms with van der Waals surface area (Å²) in [5, 5.41) is 2.34. The summed E-state index contributed by atoms with van der Waals surface area (Å²) in [6, 6.07) is 71.3. The molecule has 5 heteroatoms. The zero-order valence-electron chi connectivity index (χ0n) is 33.6. The lowest BCUT2D eigenvalue weighted by Crippen LogP contribution is -2.20. The monoisotopic (exact) mass is 810 g/mol. The van der Waals surface area contributed by atoms with Gasteiger partial charge in [-0.3, -0.25) is 0 Å². The van der Waals surface area contributed by atoms with Crippen LogP contribution in [-0.4, -0.2) is 15.0 Å². The highest BCUT2D eigenvalue weighted by Crippen LogP contribution is 2.55. The molecule has 292 valence electrons. The Balaban J connectivity index is 1.12. The van der Waals surface area contributed by atoms with Crippen molar-refractivity contribution in [1.29, 1.82) is 0 Å². The van der Waals surface area contributed by atoms with Gasteiger partial charge < -0.3 is 4.90 Å². The molecule has 2 aliphatic rings. The van der Waals surface area contributed by atoms with E-state index in [-0.39, 0.29) is 11.8 Å². The van der Waals surface area contributed by atoms with Gasteiger partial charge in [-0.05, 0) is 75.9 Å². The molecule has 2 aromatic heterocycles. The molecule has 0 saturated heterocycles. The van der Waals surface area contributed by atoms with E-state index in [0.717, 1.165) is 28.0 Å². The zero-order chi connectivity index (χ0) is 41.0. The Hall–Kier alpha value is -7.73. The minimum atomic E-state index is -0.137. The molecule has 3 heterocycles. The molecular formula is C57H38N4S. The van der Waals surface area contributed by atoms with E-state index in [1.54, 1.807) is 0 Å². The molecule has 0 amide bonds. The van der Waals surface area contributed by atoms with E-state index in [1.165, 1.54) is 65.1 Å². The molecule has 0 radical (unpaired) electrons. The molecule has 1 aliphatic heterocycles. The number of thiophene rings is 1. The van der Waals surface area contributed by atoms with Gasteiger partial charge in [0.25, 0.3) is 0 Å². The van der Waals surface area contributed by atoms with Gasteiger partial charge in [-0.2, -0.15) is 0 Å². The standard InChI is InChI=1S/C57H38N4S/c1-6-19-37(20-7-1)41-35-47(39-23-10-3-11-24-39)53-48(36-41)52-46(34-33-43(54(52)62-53)38-21-8-2-9-22-38)57-59-55(40-25-12-4-13-26-40)58-56(60-57)45-30-18-32-50-51(45)44-29-16-17-31-49(44)61(50)42-27-14-5-15-28-42/h1-36,45,51H. The minimum absolute atomic E-state index is 0.0135. The lowest BCUT2D eigenvalue weighted by atomic mass is 9.82. The van der Waals surface area contributed by atoms with Crippen molar-refractivity contribution in [3.05, 3.63) is 236 Å². The van der Waals surface area contributed by atoms with Crippen LogP contribution in [0.4, 0.5) is 11.4 Å². The van der Waals surface area contributed by atoms with E-state index in [0.29, 0.717) is 11.6 Å². The Labute approximate surface area is 364 Å². The summed E-state index contributed by atoms with van der Waals surface area (Å²) >= 11 is 1.86. The van der Waals surface area contributed by atoms with E-state index >= 15 is 0 Å². The molecular weight excluding hydrogens is 773 g/mol. The molecule has 0 bridgehead atoms. The second-order valence-electron chi connectivity index (χ2n) is 15.9. The number of fused-ring (bicyclic) bond motifs is 6. The topological polar surface area (TPSA) is 41.9 Å². The lowest BCUT2D eigenvalue weighted by Gasteiger charge is -2.28. The van der Waals surface area contributed by atoms with Crippen LogP contribution in [0.2, 0.25) is 0 Å². The highest BCUT2D eigenvalue weighted by molar-refractivity contribution is 7.27. The van der Waals surface area contributed by atoms with Gasteiger partial charge in [-0.1, -0.05) is 176 Å². The van der Waals surface area contributed by atoms with Gasteiger partial charge >= 0.3 is 0 Å². The Kier molecular flexibility index (Phi) is 8.79. The van der Waals surface area contributed by atoms with Crippen LogP contribution in [-0.2, 0) is 0 Å². The molecule has 4 nitrogen and oxygen atoms in total. The Morgan fingerprint density at radius 3 is 1.74 bits per heavy atom. The van der Waals surface area contributed by atoms with Crippen molar-refractivity contribution in [3.63, 3.8) is 0 Å². The first-order valence-corrected chi connectivity index (χ1v) is 21.9. The largest absolute Gasteiger partial charge is 0.313 e. The molecule has 12 rings (SSSR count). The summed E-state index contributed by atoms with van der Waals surface area (Å²) in [6.45, 7) is 0. The lowest BCUT2D eigenvalue weighted by molar-refractivity contribution is 0.662. The maximum atomic E-state index is 5.57. The van der Waals surface area contributed by atoms with Crippen molar-refractivity contribution in [2.75, 3.05) is 4.90 Å². The SMILES string of the molecule is C1=CC(c2nc(-c3ccccc3)nc(-c3ccc(-c4ccccc4)c4sc5c(-c6ccccc6)cc(-c6ccccc6)cc5c34)n2)C2C(=C1)N(c1ccccc1)c1ccccc12. The average Bonchev–Trinajstić information content (AvgIpc) is 3.91. The van der Waals surface area contributed by atoms with Crippen molar-refractivity contribution < 1.29 is 0 Å².